The first-order valence-corrected chi connectivity index (χ1v) is 6.43. The summed E-state index contributed by atoms with van der Waals surface area (Å²) in [4.78, 5) is 0. The van der Waals surface area contributed by atoms with E-state index in [1.807, 2.05) is 7.85 Å². The molecule has 0 amide bonds. The van der Waals surface area contributed by atoms with Gasteiger partial charge in [-0.2, -0.15) is 8.42 Å². The lowest BCUT2D eigenvalue weighted by molar-refractivity contribution is 0.330. The summed E-state index contributed by atoms with van der Waals surface area (Å²) in [6, 6.07) is 4.79. The van der Waals surface area contributed by atoms with Crippen molar-refractivity contribution in [2.75, 3.05) is 12.4 Å². The molecule has 1 aromatic carbocycles. The molecule has 1 rings (SSSR count). The van der Waals surface area contributed by atoms with Crippen LogP contribution in [0.25, 0.3) is 0 Å². The minimum Gasteiger partial charge on any atom is -0.508 e. The van der Waals surface area contributed by atoms with E-state index < -0.39 is 15.9 Å². The van der Waals surface area contributed by atoms with E-state index in [2.05, 4.69) is 0 Å². The van der Waals surface area contributed by atoms with Crippen molar-refractivity contribution in [3.05, 3.63) is 23.8 Å². The van der Waals surface area contributed by atoms with Gasteiger partial charge in [0, 0.05) is 5.56 Å². The molecule has 16 heavy (non-hydrogen) atoms. The minimum absolute atomic E-state index is 0.117. The predicted molar refractivity (Wildman–Crippen MR) is 62.3 cm³/mol. The smallest absolute Gasteiger partial charge is 0.268 e. The Balaban J connectivity index is 2.71. The van der Waals surface area contributed by atoms with E-state index in [1.54, 1.807) is 12.1 Å². The Morgan fingerprint density at radius 1 is 1.38 bits per heavy atom. The molecule has 7 heteroatoms. The lowest BCUT2D eigenvalue weighted by Gasteiger charge is -2.10. The SMILES string of the molecule is BCc1c(O)cccc1OCCS(=O)(=O)O. The van der Waals surface area contributed by atoms with Crippen LogP contribution in [0, 0.1) is 0 Å². The molecule has 0 unspecified atom stereocenters. The molecule has 0 aliphatic carbocycles. The summed E-state index contributed by atoms with van der Waals surface area (Å²) in [5.41, 5.74) is 0.623. The summed E-state index contributed by atoms with van der Waals surface area (Å²) in [5, 5.41) is 9.50. The van der Waals surface area contributed by atoms with Crippen LogP contribution >= 0.6 is 0 Å². The summed E-state index contributed by atoms with van der Waals surface area (Å²) in [7, 11) is -2.16. The van der Waals surface area contributed by atoms with Crippen LogP contribution in [0.2, 0.25) is 0 Å². The van der Waals surface area contributed by atoms with Gasteiger partial charge in [0.25, 0.3) is 10.1 Å². The van der Waals surface area contributed by atoms with Crippen LogP contribution in [0.15, 0.2) is 18.2 Å². The number of phenols is 1. The van der Waals surface area contributed by atoms with Crippen molar-refractivity contribution in [2.24, 2.45) is 0 Å². The van der Waals surface area contributed by atoms with Gasteiger partial charge in [-0.3, -0.25) is 4.55 Å². The first kappa shape index (κ1) is 12.9. The highest BCUT2D eigenvalue weighted by atomic mass is 32.2. The second-order valence-electron chi connectivity index (χ2n) is 3.24. The van der Waals surface area contributed by atoms with E-state index in [1.165, 1.54) is 6.07 Å². The molecule has 0 bridgehead atoms. The van der Waals surface area contributed by atoms with Gasteiger partial charge in [0.2, 0.25) is 0 Å². The Morgan fingerprint density at radius 3 is 2.62 bits per heavy atom. The summed E-state index contributed by atoms with van der Waals surface area (Å²) < 4.78 is 34.6. The molecule has 0 aromatic heterocycles. The van der Waals surface area contributed by atoms with Crippen LogP contribution in [-0.2, 0) is 16.4 Å². The van der Waals surface area contributed by atoms with Gasteiger partial charge in [-0.15, -0.1) is 0 Å². The van der Waals surface area contributed by atoms with E-state index >= 15 is 0 Å². The lowest BCUT2D eigenvalue weighted by Crippen LogP contribution is -2.13. The van der Waals surface area contributed by atoms with Crippen LogP contribution in [0.4, 0.5) is 0 Å². The first-order chi connectivity index (χ1) is 7.44. The first-order valence-electron chi connectivity index (χ1n) is 4.83. The van der Waals surface area contributed by atoms with Crippen molar-refractivity contribution in [3.63, 3.8) is 0 Å². The zero-order valence-corrected chi connectivity index (χ0v) is 9.70. The summed E-state index contributed by atoms with van der Waals surface area (Å²) in [6.07, 6.45) is 0.577. The highest BCUT2D eigenvalue weighted by Crippen LogP contribution is 2.27. The topological polar surface area (TPSA) is 83.8 Å². The van der Waals surface area contributed by atoms with Gasteiger partial charge >= 0.3 is 0 Å². The Labute approximate surface area is 95.2 Å². The Morgan fingerprint density at radius 2 is 2.06 bits per heavy atom. The number of benzene rings is 1. The third kappa shape index (κ3) is 3.75. The third-order valence-electron chi connectivity index (χ3n) is 2.06. The van der Waals surface area contributed by atoms with Crippen molar-refractivity contribution in [3.8, 4) is 11.5 Å². The largest absolute Gasteiger partial charge is 0.508 e. The second-order valence-corrected chi connectivity index (χ2v) is 4.81. The highest BCUT2D eigenvalue weighted by molar-refractivity contribution is 7.85. The number of hydrogen-bond acceptors (Lipinski definition) is 4. The van der Waals surface area contributed by atoms with Crippen molar-refractivity contribution < 1.29 is 22.8 Å². The Hall–Kier alpha value is -1.21. The lowest BCUT2D eigenvalue weighted by atomic mass is 9.95. The van der Waals surface area contributed by atoms with Gasteiger partial charge in [-0.1, -0.05) is 6.07 Å². The molecule has 0 aliphatic heterocycles. The maximum Gasteiger partial charge on any atom is 0.268 e. The Bertz CT molecular complexity index is 457. The molecular formula is C9H13BO5S. The molecule has 0 spiro atoms. The molecule has 2 N–H and O–H groups in total. The predicted octanol–water partition coefficient (Wildman–Crippen LogP) is -0.208. The van der Waals surface area contributed by atoms with Crippen molar-refractivity contribution >= 4 is 18.0 Å². The molecular weight excluding hydrogens is 231 g/mol. The van der Waals surface area contributed by atoms with Crippen molar-refractivity contribution in [1.29, 1.82) is 0 Å². The standard InChI is InChI=1S/C9H13BO5S/c10-6-7-8(11)2-1-3-9(7)15-4-5-16(12,13)14/h1-3,11H,4-6,10H2,(H,12,13,14). The summed E-state index contributed by atoms with van der Waals surface area (Å²) >= 11 is 0. The van der Waals surface area contributed by atoms with Crippen molar-refractivity contribution in [1.82, 2.24) is 0 Å². The molecule has 0 saturated heterocycles. The fourth-order valence-corrected chi connectivity index (χ4v) is 1.60. The van der Waals surface area contributed by atoms with Gasteiger partial charge < -0.3 is 9.84 Å². The van der Waals surface area contributed by atoms with E-state index in [4.69, 9.17) is 9.29 Å². The number of aromatic hydroxyl groups is 1. The molecule has 1 aromatic rings. The summed E-state index contributed by atoms with van der Waals surface area (Å²) in [5.74, 6) is 0.0873. The number of ether oxygens (including phenoxy) is 1. The molecule has 0 saturated carbocycles. The van der Waals surface area contributed by atoms with E-state index in [-0.39, 0.29) is 12.4 Å². The number of rotatable bonds is 5. The third-order valence-corrected chi connectivity index (χ3v) is 2.74. The maximum absolute atomic E-state index is 10.5. The summed E-state index contributed by atoms with van der Waals surface area (Å²) in [6.45, 7) is -0.144. The van der Waals surface area contributed by atoms with Gasteiger partial charge in [0.1, 0.15) is 31.7 Å². The normalized spacial score (nSPS) is 11.3. The molecule has 0 radical (unpaired) electrons. The van der Waals surface area contributed by atoms with Gasteiger partial charge in [-0.05, 0) is 18.5 Å². The van der Waals surface area contributed by atoms with Gasteiger partial charge in [0.05, 0.1) is 0 Å². The van der Waals surface area contributed by atoms with Crippen LogP contribution < -0.4 is 4.74 Å². The van der Waals surface area contributed by atoms with Crippen LogP contribution in [0.3, 0.4) is 0 Å². The van der Waals surface area contributed by atoms with Crippen LogP contribution in [0.1, 0.15) is 5.56 Å². The molecule has 5 nitrogen and oxygen atoms in total. The highest BCUT2D eigenvalue weighted by Gasteiger charge is 2.09. The Kier molecular flexibility index (Phi) is 4.20. The average molecular weight is 244 g/mol. The molecule has 0 fully saturated rings. The van der Waals surface area contributed by atoms with Gasteiger partial charge in [-0.25, -0.2) is 0 Å². The maximum atomic E-state index is 10.5. The molecule has 0 aliphatic rings. The van der Waals surface area contributed by atoms with Crippen LogP contribution in [-0.4, -0.2) is 38.3 Å². The quantitative estimate of drug-likeness (QED) is 0.553. The van der Waals surface area contributed by atoms with E-state index in [0.717, 1.165) is 0 Å². The number of hydrogen-bond donors (Lipinski definition) is 2. The minimum atomic E-state index is -4.01. The average Bonchev–Trinajstić information content (AvgIpc) is 2.16. The zero-order valence-electron chi connectivity index (χ0n) is 8.88. The second kappa shape index (κ2) is 5.22. The van der Waals surface area contributed by atoms with Crippen molar-refractivity contribution in [2.45, 2.75) is 6.32 Å². The van der Waals surface area contributed by atoms with Crippen LogP contribution in [0.5, 0.6) is 11.5 Å². The fourth-order valence-electron chi connectivity index (χ4n) is 1.30. The number of phenolic OH excluding ortho intramolecular Hbond substituents is 1. The zero-order chi connectivity index (χ0) is 12.2. The molecule has 88 valence electrons. The van der Waals surface area contributed by atoms with Gasteiger partial charge in [0.15, 0.2) is 0 Å². The monoisotopic (exact) mass is 244 g/mol. The van der Waals surface area contributed by atoms with E-state index in [9.17, 15) is 13.5 Å². The van der Waals surface area contributed by atoms with E-state index in [0.29, 0.717) is 17.6 Å². The molecule has 0 heterocycles. The fraction of sp³-hybridized carbons (Fsp3) is 0.333. The molecule has 0 atom stereocenters.